The van der Waals surface area contributed by atoms with Crippen LogP contribution in [0, 0.1) is 11.8 Å². The van der Waals surface area contributed by atoms with Crippen LogP contribution in [0.15, 0.2) is 24.3 Å². The van der Waals surface area contributed by atoms with Crippen molar-refractivity contribution in [3.05, 3.63) is 34.9 Å². The lowest BCUT2D eigenvalue weighted by molar-refractivity contribution is 0.249. The lowest BCUT2D eigenvalue weighted by Crippen LogP contribution is -2.36. The zero-order valence-corrected chi connectivity index (χ0v) is 12.5. The minimum Gasteiger partial charge on any atom is -0.307 e. The van der Waals surface area contributed by atoms with Crippen LogP contribution in [0.25, 0.3) is 0 Å². The summed E-state index contributed by atoms with van der Waals surface area (Å²) < 4.78 is 0. The zero-order chi connectivity index (χ0) is 13.2. The summed E-state index contributed by atoms with van der Waals surface area (Å²) >= 11 is 6.08. The second-order valence-corrected chi connectivity index (χ2v) is 6.84. The SMILES string of the molecule is C[C@H](NC1CCCC(C2CC2)C1)c1cccc(Cl)c1. The van der Waals surface area contributed by atoms with E-state index in [0.29, 0.717) is 12.1 Å². The molecule has 0 spiro atoms. The van der Waals surface area contributed by atoms with Gasteiger partial charge in [-0.1, -0.05) is 36.6 Å². The Bertz CT molecular complexity index is 427. The first-order chi connectivity index (χ1) is 9.22. The molecule has 104 valence electrons. The molecule has 1 aromatic rings. The van der Waals surface area contributed by atoms with E-state index in [2.05, 4.69) is 24.4 Å². The van der Waals surface area contributed by atoms with Crippen LogP contribution < -0.4 is 5.32 Å². The van der Waals surface area contributed by atoms with Gasteiger partial charge in [0.1, 0.15) is 0 Å². The topological polar surface area (TPSA) is 12.0 Å². The Morgan fingerprint density at radius 2 is 2.00 bits per heavy atom. The third-order valence-corrected chi connectivity index (χ3v) is 5.07. The average Bonchev–Trinajstić information content (AvgIpc) is 3.23. The molecule has 0 saturated heterocycles. The molecule has 0 aromatic heterocycles. The van der Waals surface area contributed by atoms with Crippen LogP contribution in [0.1, 0.15) is 57.1 Å². The van der Waals surface area contributed by atoms with Gasteiger partial charge in [0.25, 0.3) is 0 Å². The molecule has 0 heterocycles. The maximum absolute atomic E-state index is 6.08. The van der Waals surface area contributed by atoms with E-state index in [0.717, 1.165) is 16.9 Å². The summed E-state index contributed by atoms with van der Waals surface area (Å²) in [5, 5.41) is 4.65. The van der Waals surface area contributed by atoms with Gasteiger partial charge in [0, 0.05) is 17.1 Å². The highest BCUT2D eigenvalue weighted by molar-refractivity contribution is 6.30. The highest BCUT2D eigenvalue weighted by Crippen LogP contribution is 2.44. The third kappa shape index (κ3) is 3.52. The van der Waals surface area contributed by atoms with Crippen LogP contribution in [-0.4, -0.2) is 6.04 Å². The van der Waals surface area contributed by atoms with Gasteiger partial charge in [0.2, 0.25) is 0 Å². The first-order valence-electron chi connectivity index (χ1n) is 7.74. The number of nitrogens with one attached hydrogen (secondary N) is 1. The summed E-state index contributed by atoms with van der Waals surface area (Å²) in [5.74, 6) is 2.06. The maximum atomic E-state index is 6.08. The summed E-state index contributed by atoms with van der Waals surface area (Å²) in [5.41, 5.74) is 1.31. The molecule has 1 N–H and O–H groups in total. The standard InChI is InChI=1S/C17H24ClN/c1-12(14-4-2-6-16(18)10-14)19-17-7-3-5-15(11-17)13-8-9-13/h2,4,6,10,12-13,15,17,19H,3,5,7-9,11H2,1H3/t12-,15?,17?/m0/s1. The number of benzene rings is 1. The summed E-state index contributed by atoms with van der Waals surface area (Å²) in [7, 11) is 0. The molecule has 0 bridgehead atoms. The molecule has 3 atom stereocenters. The smallest absolute Gasteiger partial charge is 0.0409 e. The van der Waals surface area contributed by atoms with Crippen LogP contribution >= 0.6 is 11.6 Å². The fourth-order valence-electron chi connectivity index (χ4n) is 3.60. The monoisotopic (exact) mass is 277 g/mol. The molecule has 2 heteroatoms. The van der Waals surface area contributed by atoms with E-state index >= 15 is 0 Å². The van der Waals surface area contributed by atoms with Crippen LogP contribution in [0.2, 0.25) is 5.02 Å². The van der Waals surface area contributed by atoms with Gasteiger partial charge in [-0.05, 0) is 62.1 Å². The molecule has 0 radical (unpaired) electrons. The van der Waals surface area contributed by atoms with Crippen molar-refractivity contribution in [3.8, 4) is 0 Å². The van der Waals surface area contributed by atoms with Crippen molar-refractivity contribution in [2.45, 2.75) is 57.5 Å². The number of halogens is 1. The fraction of sp³-hybridized carbons (Fsp3) is 0.647. The van der Waals surface area contributed by atoms with Crippen LogP contribution in [0.3, 0.4) is 0 Å². The Hall–Kier alpha value is -0.530. The molecule has 2 unspecified atom stereocenters. The van der Waals surface area contributed by atoms with E-state index in [1.807, 2.05) is 12.1 Å². The molecule has 0 aliphatic heterocycles. The Kier molecular flexibility index (Phi) is 4.14. The van der Waals surface area contributed by atoms with Gasteiger partial charge in [-0.3, -0.25) is 0 Å². The first kappa shape index (κ1) is 13.5. The number of hydrogen-bond donors (Lipinski definition) is 1. The Morgan fingerprint density at radius 1 is 1.16 bits per heavy atom. The van der Waals surface area contributed by atoms with Crippen molar-refractivity contribution < 1.29 is 0 Å². The van der Waals surface area contributed by atoms with Gasteiger partial charge in [-0.15, -0.1) is 0 Å². The van der Waals surface area contributed by atoms with Crippen LogP contribution in [0.5, 0.6) is 0 Å². The van der Waals surface area contributed by atoms with E-state index in [9.17, 15) is 0 Å². The molecule has 2 aliphatic rings. The Labute approximate surface area is 121 Å². The molecule has 3 rings (SSSR count). The third-order valence-electron chi connectivity index (χ3n) is 4.84. The summed E-state index contributed by atoms with van der Waals surface area (Å²) in [6, 6.07) is 9.35. The highest BCUT2D eigenvalue weighted by Gasteiger charge is 2.34. The summed E-state index contributed by atoms with van der Waals surface area (Å²) in [6.07, 6.45) is 8.57. The molecule has 2 aliphatic carbocycles. The van der Waals surface area contributed by atoms with Crippen molar-refractivity contribution in [1.82, 2.24) is 5.32 Å². The van der Waals surface area contributed by atoms with Gasteiger partial charge in [-0.25, -0.2) is 0 Å². The zero-order valence-electron chi connectivity index (χ0n) is 11.7. The lowest BCUT2D eigenvalue weighted by atomic mass is 9.82. The van der Waals surface area contributed by atoms with Crippen molar-refractivity contribution in [2.75, 3.05) is 0 Å². The predicted molar refractivity (Wildman–Crippen MR) is 81.5 cm³/mol. The largest absolute Gasteiger partial charge is 0.307 e. The fourth-order valence-corrected chi connectivity index (χ4v) is 3.80. The van der Waals surface area contributed by atoms with Gasteiger partial charge >= 0.3 is 0 Å². The quantitative estimate of drug-likeness (QED) is 0.820. The summed E-state index contributed by atoms with van der Waals surface area (Å²) in [6.45, 7) is 2.26. The summed E-state index contributed by atoms with van der Waals surface area (Å²) in [4.78, 5) is 0. The lowest BCUT2D eigenvalue weighted by Gasteiger charge is -2.32. The number of rotatable bonds is 4. The van der Waals surface area contributed by atoms with Crippen LogP contribution in [0.4, 0.5) is 0 Å². The first-order valence-corrected chi connectivity index (χ1v) is 8.11. The molecule has 0 amide bonds. The molecular formula is C17H24ClN. The normalized spacial score (nSPS) is 29.2. The Balaban J connectivity index is 1.57. The van der Waals surface area contributed by atoms with Crippen LogP contribution in [-0.2, 0) is 0 Å². The van der Waals surface area contributed by atoms with E-state index in [-0.39, 0.29) is 0 Å². The van der Waals surface area contributed by atoms with Gasteiger partial charge in [0.15, 0.2) is 0 Å². The molecular weight excluding hydrogens is 254 g/mol. The molecule has 1 aromatic carbocycles. The molecule has 19 heavy (non-hydrogen) atoms. The van der Waals surface area contributed by atoms with Gasteiger partial charge in [0.05, 0.1) is 0 Å². The van der Waals surface area contributed by atoms with E-state index in [1.54, 1.807) is 0 Å². The Morgan fingerprint density at radius 3 is 2.74 bits per heavy atom. The second-order valence-electron chi connectivity index (χ2n) is 6.40. The predicted octanol–water partition coefficient (Wildman–Crippen LogP) is 4.96. The van der Waals surface area contributed by atoms with E-state index < -0.39 is 0 Å². The minimum atomic E-state index is 0.404. The number of hydrogen-bond acceptors (Lipinski definition) is 1. The van der Waals surface area contributed by atoms with Crippen molar-refractivity contribution in [2.24, 2.45) is 11.8 Å². The highest BCUT2D eigenvalue weighted by atomic mass is 35.5. The van der Waals surface area contributed by atoms with E-state index in [1.165, 1.54) is 44.1 Å². The molecule has 1 nitrogen and oxygen atoms in total. The molecule has 2 saturated carbocycles. The molecule has 2 fully saturated rings. The average molecular weight is 278 g/mol. The van der Waals surface area contributed by atoms with Gasteiger partial charge < -0.3 is 5.32 Å². The van der Waals surface area contributed by atoms with E-state index in [4.69, 9.17) is 11.6 Å². The van der Waals surface area contributed by atoms with Crippen molar-refractivity contribution >= 4 is 11.6 Å². The second kappa shape index (κ2) is 5.85. The van der Waals surface area contributed by atoms with Gasteiger partial charge in [-0.2, -0.15) is 0 Å². The maximum Gasteiger partial charge on any atom is 0.0409 e. The van der Waals surface area contributed by atoms with Crippen molar-refractivity contribution in [3.63, 3.8) is 0 Å². The minimum absolute atomic E-state index is 0.404. The van der Waals surface area contributed by atoms with Crippen molar-refractivity contribution in [1.29, 1.82) is 0 Å².